The van der Waals surface area contributed by atoms with Crippen molar-refractivity contribution in [2.45, 2.75) is 46.5 Å². The number of H-pyrrole nitrogens is 1. The summed E-state index contributed by atoms with van der Waals surface area (Å²) >= 11 is 0. The molecule has 5 heteroatoms. The van der Waals surface area contributed by atoms with E-state index in [1.807, 2.05) is 6.92 Å². The van der Waals surface area contributed by atoms with E-state index >= 15 is 0 Å². The van der Waals surface area contributed by atoms with Crippen LogP contribution < -0.4 is 5.32 Å². The Hall–Kier alpha value is -1.91. The average molecular weight is 274 g/mol. The molecule has 0 aromatic carbocycles. The second-order valence-electron chi connectivity index (χ2n) is 5.06. The molecule has 0 aliphatic heterocycles. The van der Waals surface area contributed by atoms with E-state index in [1.165, 1.54) is 0 Å². The lowest BCUT2D eigenvalue weighted by molar-refractivity contribution is -0.107. The first-order chi connectivity index (χ1) is 9.67. The lowest BCUT2D eigenvalue weighted by Gasteiger charge is -2.11. The molecule has 2 rings (SSSR count). The summed E-state index contributed by atoms with van der Waals surface area (Å²) in [6, 6.07) is 0. The molecule has 5 nitrogen and oxygen atoms in total. The molecule has 0 atom stereocenters. The summed E-state index contributed by atoms with van der Waals surface area (Å²) in [5.41, 5.74) is 4.96. The molecule has 2 aromatic rings. The van der Waals surface area contributed by atoms with E-state index in [1.54, 1.807) is 0 Å². The highest BCUT2D eigenvalue weighted by Crippen LogP contribution is 2.25. The normalized spacial score (nSPS) is 10.9. The largest absolute Gasteiger partial charge is 0.383 e. The summed E-state index contributed by atoms with van der Waals surface area (Å²) in [7, 11) is 0. The van der Waals surface area contributed by atoms with Crippen molar-refractivity contribution in [2.24, 2.45) is 0 Å². The van der Waals surface area contributed by atoms with E-state index in [-0.39, 0.29) is 0 Å². The maximum Gasteiger partial charge on any atom is 0.178 e. The number of fused-ring (bicyclic) bond motifs is 1. The Morgan fingerprint density at radius 3 is 2.80 bits per heavy atom. The van der Waals surface area contributed by atoms with Gasteiger partial charge in [-0.15, -0.1) is 0 Å². The van der Waals surface area contributed by atoms with Crippen LogP contribution in [0.2, 0.25) is 0 Å². The highest BCUT2D eigenvalue weighted by atomic mass is 16.1. The van der Waals surface area contributed by atoms with Crippen molar-refractivity contribution < 1.29 is 4.79 Å². The molecule has 0 saturated carbocycles. The van der Waals surface area contributed by atoms with E-state index in [2.05, 4.69) is 34.1 Å². The van der Waals surface area contributed by atoms with Gasteiger partial charge in [-0.05, 0) is 26.7 Å². The topological polar surface area (TPSA) is 70.7 Å². The van der Waals surface area contributed by atoms with Crippen molar-refractivity contribution in [1.82, 2.24) is 15.0 Å². The molecule has 0 aliphatic rings. The van der Waals surface area contributed by atoms with Gasteiger partial charge in [-0.1, -0.05) is 6.92 Å². The number of carbonyl (C=O) groups excluding carboxylic acids is 1. The Kier molecular flexibility index (Phi) is 4.71. The third-order valence-electron chi connectivity index (χ3n) is 3.41. The van der Waals surface area contributed by atoms with Crippen LogP contribution in [0, 0.1) is 13.8 Å². The van der Waals surface area contributed by atoms with E-state index in [9.17, 15) is 4.79 Å². The van der Waals surface area contributed by atoms with Gasteiger partial charge in [0.1, 0.15) is 12.1 Å². The van der Waals surface area contributed by atoms with Crippen molar-refractivity contribution in [3.63, 3.8) is 0 Å². The first kappa shape index (κ1) is 14.5. The van der Waals surface area contributed by atoms with E-state index in [0.717, 1.165) is 66.0 Å². The van der Waals surface area contributed by atoms with Crippen LogP contribution in [0.4, 0.5) is 5.69 Å². The van der Waals surface area contributed by atoms with Gasteiger partial charge < -0.3 is 15.1 Å². The molecule has 0 bridgehead atoms. The zero-order valence-electron chi connectivity index (χ0n) is 12.4. The second-order valence-corrected chi connectivity index (χ2v) is 5.06. The molecule has 0 radical (unpaired) electrons. The molecule has 0 saturated heterocycles. The predicted molar refractivity (Wildman–Crippen MR) is 81.1 cm³/mol. The van der Waals surface area contributed by atoms with Crippen LogP contribution in [-0.2, 0) is 11.2 Å². The molecule has 108 valence electrons. The smallest absolute Gasteiger partial charge is 0.178 e. The highest BCUT2D eigenvalue weighted by molar-refractivity contribution is 5.81. The van der Waals surface area contributed by atoms with Gasteiger partial charge in [0, 0.05) is 24.9 Å². The number of imidazole rings is 1. The second kappa shape index (κ2) is 6.50. The number of aryl methyl sites for hydroxylation is 3. The quantitative estimate of drug-likeness (QED) is 0.601. The number of rotatable bonds is 7. The fourth-order valence-corrected chi connectivity index (χ4v) is 2.38. The van der Waals surface area contributed by atoms with Crippen LogP contribution in [0.3, 0.4) is 0 Å². The van der Waals surface area contributed by atoms with Crippen LogP contribution in [0.15, 0.2) is 0 Å². The van der Waals surface area contributed by atoms with E-state index in [0.29, 0.717) is 6.42 Å². The first-order valence-corrected chi connectivity index (χ1v) is 7.20. The van der Waals surface area contributed by atoms with Gasteiger partial charge in [-0.3, -0.25) is 0 Å². The first-order valence-electron chi connectivity index (χ1n) is 7.20. The van der Waals surface area contributed by atoms with Gasteiger partial charge >= 0.3 is 0 Å². The number of nitrogens with zero attached hydrogens (tertiary/aromatic N) is 2. The van der Waals surface area contributed by atoms with Crippen molar-refractivity contribution >= 4 is 23.1 Å². The van der Waals surface area contributed by atoms with E-state index < -0.39 is 0 Å². The van der Waals surface area contributed by atoms with Crippen LogP contribution in [0.25, 0.3) is 11.2 Å². The number of hydrogen-bond donors (Lipinski definition) is 2. The molecule has 2 aromatic heterocycles. The Labute approximate surface area is 119 Å². The van der Waals surface area contributed by atoms with Gasteiger partial charge in [0.15, 0.2) is 5.65 Å². The molecule has 0 amide bonds. The summed E-state index contributed by atoms with van der Waals surface area (Å²) in [6.07, 6.45) is 4.39. The summed E-state index contributed by atoms with van der Waals surface area (Å²) in [5, 5.41) is 3.38. The minimum absolute atomic E-state index is 0.589. The van der Waals surface area contributed by atoms with Crippen LogP contribution in [-0.4, -0.2) is 27.8 Å². The van der Waals surface area contributed by atoms with Gasteiger partial charge in [0.05, 0.1) is 16.9 Å². The van der Waals surface area contributed by atoms with Crippen molar-refractivity contribution in [3.05, 3.63) is 17.1 Å². The number of aldehydes is 1. The Morgan fingerprint density at radius 1 is 1.30 bits per heavy atom. The summed E-state index contributed by atoms with van der Waals surface area (Å²) in [6.45, 7) is 6.98. The third kappa shape index (κ3) is 2.98. The summed E-state index contributed by atoms with van der Waals surface area (Å²) in [5.74, 6) is 0.996. The highest BCUT2D eigenvalue weighted by Gasteiger charge is 2.12. The number of hydrogen-bond acceptors (Lipinski definition) is 4. The lowest BCUT2D eigenvalue weighted by Crippen LogP contribution is -2.06. The number of pyridine rings is 1. The monoisotopic (exact) mass is 274 g/mol. The zero-order valence-corrected chi connectivity index (χ0v) is 12.4. The fourth-order valence-electron chi connectivity index (χ4n) is 2.38. The van der Waals surface area contributed by atoms with Crippen LogP contribution in [0.1, 0.15) is 43.3 Å². The maximum atomic E-state index is 10.3. The number of unbranched alkanes of at least 4 members (excludes halogenated alkanes) is 1. The molecule has 2 N–H and O–H groups in total. The number of nitrogens with one attached hydrogen (secondary N) is 2. The van der Waals surface area contributed by atoms with Gasteiger partial charge in [-0.2, -0.15) is 0 Å². The Bertz CT molecular complexity index is 603. The minimum atomic E-state index is 0.589. The van der Waals surface area contributed by atoms with Crippen LogP contribution in [0.5, 0.6) is 0 Å². The Morgan fingerprint density at radius 2 is 2.10 bits per heavy atom. The van der Waals surface area contributed by atoms with E-state index in [4.69, 9.17) is 0 Å². The molecule has 0 unspecified atom stereocenters. The molecular formula is C15H22N4O. The molecule has 0 aliphatic carbocycles. The minimum Gasteiger partial charge on any atom is -0.383 e. The standard InChI is InChI=1S/C15H22N4O/c1-4-7-12-18-14-10(2)13(16-8-5-6-9-20)11(3)17-15(14)19-12/h9,16H,4-8H2,1-3H3,(H,17,18,19). The van der Waals surface area contributed by atoms with Crippen molar-refractivity contribution in [2.75, 3.05) is 11.9 Å². The molecule has 20 heavy (non-hydrogen) atoms. The van der Waals surface area contributed by atoms with Crippen molar-refractivity contribution in [3.8, 4) is 0 Å². The predicted octanol–water partition coefficient (Wildman–Crippen LogP) is 2.92. The molecular weight excluding hydrogens is 252 g/mol. The van der Waals surface area contributed by atoms with Crippen LogP contribution >= 0.6 is 0 Å². The summed E-state index contributed by atoms with van der Waals surface area (Å²) < 4.78 is 0. The lowest BCUT2D eigenvalue weighted by atomic mass is 10.1. The SMILES string of the molecule is CCCc1nc2nc(C)c(NCCCC=O)c(C)c2[nH]1. The summed E-state index contributed by atoms with van der Waals surface area (Å²) in [4.78, 5) is 22.8. The number of aromatic amines is 1. The van der Waals surface area contributed by atoms with Gasteiger partial charge in [0.2, 0.25) is 0 Å². The number of aromatic nitrogens is 3. The molecule has 2 heterocycles. The van der Waals surface area contributed by atoms with Gasteiger partial charge in [-0.25, -0.2) is 9.97 Å². The molecule has 0 fully saturated rings. The van der Waals surface area contributed by atoms with Gasteiger partial charge in [0.25, 0.3) is 0 Å². The van der Waals surface area contributed by atoms with Crippen molar-refractivity contribution in [1.29, 1.82) is 0 Å². The average Bonchev–Trinajstić information content (AvgIpc) is 2.81. The number of carbonyl (C=O) groups is 1. The Balaban J connectivity index is 2.27. The molecule has 0 spiro atoms. The zero-order chi connectivity index (χ0) is 14.5. The maximum absolute atomic E-state index is 10.3. The fraction of sp³-hybridized carbons (Fsp3) is 0.533. The number of anilines is 1. The third-order valence-corrected chi connectivity index (χ3v) is 3.41.